The highest BCUT2D eigenvalue weighted by Gasteiger charge is 2.33. The summed E-state index contributed by atoms with van der Waals surface area (Å²) in [6.07, 6.45) is 2.17. The van der Waals surface area contributed by atoms with Crippen LogP contribution in [0.15, 0.2) is 47.3 Å². The van der Waals surface area contributed by atoms with Gasteiger partial charge in [-0.2, -0.15) is 5.26 Å². The molecule has 0 fully saturated rings. The van der Waals surface area contributed by atoms with Crippen LogP contribution >= 0.6 is 0 Å². The summed E-state index contributed by atoms with van der Waals surface area (Å²) in [7, 11) is 0. The molecule has 2 unspecified atom stereocenters. The van der Waals surface area contributed by atoms with Crippen molar-refractivity contribution in [2.75, 3.05) is 5.32 Å². The predicted molar refractivity (Wildman–Crippen MR) is 114 cm³/mol. The SMILES string of the molecule is CC[C@@H]1CC(C)C(Nc2cccc3[nH]c(=O)ccc23)c2ccc(C#N)c(C)c21. The number of hydrogen-bond donors (Lipinski definition) is 2. The molecule has 1 heterocycles. The van der Waals surface area contributed by atoms with Crippen LogP contribution in [0.3, 0.4) is 0 Å². The van der Waals surface area contributed by atoms with E-state index < -0.39 is 0 Å². The standard InChI is InChI=1S/C24H25N3O/c1-4-16-12-14(2)24(19-9-8-17(13-25)15(3)23(16)19)27-21-7-5-6-20-18(21)10-11-22(28)26-20/h5-11,14,16,24,27H,4,12H2,1-3H3,(H,26,28)/t14?,16-,24?/m1/s1. The molecule has 3 aromatic rings. The second-order valence-electron chi connectivity index (χ2n) is 7.88. The first-order valence-corrected chi connectivity index (χ1v) is 9.95. The van der Waals surface area contributed by atoms with Crippen LogP contribution in [0.1, 0.15) is 60.9 Å². The number of rotatable bonds is 3. The van der Waals surface area contributed by atoms with Crippen molar-refractivity contribution in [3.05, 3.63) is 75.1 Å². The molecule has 0 amide bonds. The van der Waals surface area contributed by atoms with E-state index in [9.17, 15) is 10.1 Å². The van der Waals surface area contributed by atoms with E-state index in [-0.39, 0.29) is 11.6 Å². The predicted octanol–water partition coefficient (Wildman–Crippen LogP) is 5.39. The fraction of sp³-hybridized carbons (Fsp3) is 0.333. The summed E-state index contributed by atoms with van der Waals surface area (Å²) in [6.45, 7) is 6.61. The van der Waals surface area contributed by atoms with Gasteiger partial charge in [-0.15, -0.1) is 0 Å². The fourth-order valence-electron chi connectivity index (χ4n) is 4.76. The second kappa shape index (κ2) is 7.16. The Bertz CT molecular complexity index is 1140. The van der Waals surface area contributed by atoms with Crippen molar-refractivity contribution in [1.29, 1.82) is 5.26 Å². The zero-order valence-electron chi connectivity index (χ0n) is 16.5. The van der Waals surface area contributed by atoms with Crippen LogP contribution in [0.2, 0.25) is 0 Å². The van der Waals surface area contributed by atoms with Gasteiger partial charge < -0.3 is 10.3 Å². The Labute approximate surface area is 165 Å². The van der Waals surface area contributed by atoms with Crippen molar-refractivity contribution in [3.8, 4) is 6.07 Å². The molecule has 28 heavy (non-hydrogen) atoms. The summed E-state index contributed by atoms with van der Waals surface area (Å²) in [5, 5.41) is 14.2. The second-order valence-corrected chi connectivity index (χ2v) is 7.88. The van der Waals surface area contributed by atoms with Crippen LogP contribution in [-0.4, -0.2) is 4.98 Å². The molecule has 1 aliphatic rings. The molecule has 2 N–H and O–H groups in total. The zero-order chi connectivity index (χ0) is 19.8. The molecule has 4 rings (SSSR count). The molecule has 0 saturated carbocycles. The topological polar surface area (TPSA) is 68.7 Å². The van der Waals surface area contributed by atoms with Crippen molar-refractivity contribution < 1.29 is 0 Å². The molecule has 3 atom stereocenters. The number of hydrogen-bond acceptors (Lipinski definition) is 3. The lowest BCUT2D eigenvalue weighted by atomic mass is 9.71. The fourth-order valence-corrected chi connectivity index (χ4v) is 4.76. The molecule has 0 radical (unpaired) electrons. The maximum absolute atomic E-state index is 11.7. The summed E-state index contributed by atoms with van der Waals surface area (Å²) in [5.41, 5.74) is 6.29. The number of nitrogens with zero attached hydrogens (tertiary/aromatic N) is 1. The normalized spacial score (nSPS) is 21.1. The van der Waals surface area contributed by atoms with E-state index in [1.807, 2.05) is 24.3 Å². The minimum absolute atomic E-state index is 0.0912. The number of benzene rings is 2. The van der Waals surface area contributed by atoms with Gasteiger partial charge in [-0.25, -0.2) is 0 Å². The summed E-state index contributed by atoms with van der Waals surface area (Å²) in [6, 6.07) is 16.0. The van der Waals surface area contributed by atoms with Gasteiger partial charge in [0, 0.05) is 17.1 Å². The van der Waals surface area contributed by atoms with E-state index in [1.54, 1.807) is 6.07 Å². The van der Waals surface area contributed by atoms with Crippen LogP contribution in [0.4, 0.5) is 5.69 Å². The Morgan fingerprint density at radius 1 is 1.21 bits per heavy atom. The van der Waals surface area contributed by atoms with Crippen LogP contribution in [0.25, 0.3) is 10.9 Å². The van der Waals surface area contributed by atoms with Gasteiger partial charge in [0.1, 0.15) is 0 Å². The molecule has 0 bridgehead atoms. The number of nitrogens with one attached hydrogen (secondary N) is 2. The summed E-state index contributed by atoms with van der Waals surface area (Å²) in [5.74, 6) is 0.947. The maximum atomic E-state index is 11.7. The lowest BCUT2D eigenvalue weighted by Gasteiger charge is -2.38. The number of aromatic nitrogens is 1. The smallest absolute Gasteiger partial charge is 0.248 e. The first kappa shape index (κ1) is 18.3. The van der Waals surface area contributed by atoms with Gasteiger partial charge in [0.15, 0.2) is 0 Å². The summed E-state index contributed by atoms with van der Waals surface area (Å²) in [4.78, 5) is 14.6. The molecule has 2 aromatic carbocycles. The molecule has 0 saturated heterocycles. The van der Waals surface area contributed by atoms with E-state index in [2.05, 4.69) is 49.3 Å². The van der Waals surface area contributed by atoms with Gasteiger partial charge in [-0.05, 0) is 72.6 Å². The van der Waals surface area contributed by atoms with Gasteiger partial charge in [-0.1, -0.05) is 26.0 Å². The third kappa shape index (κ3) is 2.97. The van der Waals surface area contributed by atoms with Crippen LogP contribution in [-0.2, 0) is 0 Å². The number of aromatic amines is 1. The Morgan fingerprint density at radius 3 is 2.79 bits per heavy atom. The number of anilines is 1. The number of H-pyrrole nitrogens is 1. The molecule has 1 aliphatic carbocycles. The maximum Gasteiger partial charge on any atom is 0.248 e. The van der Waals surface area contributed by atoms with Gasteiger partial charge in [0.2, 0.25) is 5.56 Å². The molecule has 4 heteroatoms. The average Bonchev–Trinajstić information content (AvgIpc) is 2.69. The summed E-state index contributed by atoms with van der Waals surface area (Å²) < 4.78 is 0. The minimum Gasteiger partial charge on any atom is -0.377 e. The molecule has 0 aliphatic heterocycles. The largest absolute Gasteiger partial charge is 0.377 e. The van der Waals surface area contributed by atoms with Crippen molar-refractivity contribution in [2.24, 2.45) is 5.92 Å². The third-order valence-corrected chi connectivity index (χ3v) is 6.21. The Kier molecular flexibility index (Phi) is 4.68. The first-order valence-electron chi connectivity index (χ1n) is 9.95. The van der Waals surface area contributed by atoms with Gasteiger partial charge in [-0.3, -0.25) is 4.79 Å². The van der Waals surface area contributed by atoms with Gasteiger partial charge >= 0.3 is 0 Å². The number of pyridine rings is 1. The van der Waals surface area contributed by atoms with Crippen LogP contribution in [0.5, 0.6) is 0 Å². The summed E-state index contributed by atoms with van der Waals surface area (Å²) >= 11 is 0. The van der Waals surface area contributed by atoms with Crippen LogP contribution < -0.4 is 10.9 Å². The zero-order valence-corrected chi connectivity index (χ0v) is 16.5. The third-order valence-electron chi connectivity index (χ3n) is 6.21. The molecule has 4 nitrogen and oxygen atoms in total. The van der Waals surface area contributed by atoms with E-state index in [1.165, 1.54) is 11.1 Å². The van der Waals surface area contributed by atoms with Crippen LogP contribution in [0, 0.1) is 24.2 Å². The van der Waals surface area contributed by atoms with E-state index >= 15 is 0 Å². The molecule has 142 valence electrons. The Hall–Kier alpha value is -3.06. The molecular weight excluding hydrogens is 346 g/mol. The van der Waals surface area contributed by atoms with E-state index in [0.717, 1.165) is 40.6 Å². The number of fused-ring (bicyclic) bond motifs is 2. The van der Waals surface area contributed by atoms with Crippen molar-refractivity contribution >= 4 is 16.6 Å². The quantitative estimate of drug-likeness (QED) is 0.648. The molecule has 0 spiro atoms. The highest BCUT2D eigenvalue weighted by atomic mass is 16.1. The van der Waals surface area contributed by atoms with Crippen molar-refractivity contribution in [1.82, 2.24) is 4.98 Å². The first-order chi connectivity index (χ1) is 13.5. The van der Waals surface area contributed by atoms with Crippen molar-refractivity contribution in [2.45, 2.75) is 45.6 Å². The highest BCUT2D eigenvalue weighted by molar-refractivity contribution is 5.91. The average molecular weight is 371 g/mol. The van der Waals surface area contributed by atoms with E-state index in [4.69, 9.17) is 0 Å². The van der Waals surface area contributed by atoms with Crippen molar-refractivity contribution in [3.63, 3.8) is 0 Å². The lowest BCUT2D eigenvalue weighted by Crippen LogP contribution is -2.28. The Morgan fingerprint density at radius 2 is 2.04 bits per heavy atom. The Balaban J connectivity index is 1.82. The van der Waals surface area contributed by atoms with Gasteiger partial charge in [0.25, 0.3) is 0 Å². The number of nitriles is 1. The van der Waals surface area contributed by atoms with Gasteiger partial charge in [0.05, 0.1) is 23.2 Å². The highest BCUT2D eigenvalue weighted by Crippen LogP contribution is 2.46. The molecular formula is C24H25N3O. The van der Waals surface area contributed by atoms with E-state index in [0.29, 0.717) is 11.8 Å². The monoisotopic (exact) mass is 371 g/mol. The minimum atomic E-state index is -0.0912. The molecule has 1 aromatic heterocycles. The lowest BCUT2D eigenvalue weighted by molar-refractivity contribution is 0.376.